The van der Waals surface area contributed by atoms with Crippen LogP contribution in [-0.4, -0.2) is 6.29 Å². The van der Waals surface area contributed by atoms with Crippen molar-refractivity contribution in [1.82, 2.24) is 0 Å². The lowest BCUT2D eigenvalue weighted by Gasteiger charge is -2.00. The molecule has 0 amide bonds. The van der Waals surface area contributed by atoms with E-state index in [0.717, 1.165) is 28.3 Å². The monoisotopic (exact) mass is 211 g/mol. The summed E-state index contributed by atoms with van der Waals surface area (Å²) < 4.78 is 0. The molecule has 0 aliphatic rings. The first-order chi connectivity index (χ1) is 7.79. The highest BCUT2D eigenvalue weighted by Crippen LogP contribution is 2.19. The van der Waals surface area contributed by atoms with Gasteiger partial charge >= 0.3 is 0 Å². The van der Waals surface area contributed by atoms with E-state index in [1.54, 1.807) is 0 Å². The number of hydrogen-bond donors (Lipinski definition) is 1. The number of allylic oxidation sites excluding steroid dienone is 1. The lowest BCUT2D eigenvalue weighted by molar-refractivity contribution is -0.107. The molecule has 2 N–H and O–H groups in total. The van der Waals surface area contributed by atoms with E-state index in [9.17, 15) is 4.79 Å². The Morgan fingerprint density at radius 3 is 2.62 bits per heavy atom. The van der Waals surface area contributed by atoms with Gasteiger partial charge in [0, 0.05) is 12.1 Å². The Hall–Kier alpha value is -2.09. The molecule has 0 spiro atoms. The van der Waals surface area contributed by atoms with Crippen LogP contribution >= 0.6 is 0 Å². The van der Waals surface area contributed by atoms with Crippen LogP contribution in [0.5, 0.6) is 0 Å². The molecule has 0 atom stereocenters. The highest BCUT2D eigenvalue weighted by atomic mass is 16.1. The van der Waals surface area contributed by atoms with Crippen LogP contribution in [0.25, 0.3) is 16.8 Å². The maximum Gasteiger partial charge on any atom is 0.123 e. The van der Waals surface area contributed by atoms with Crippen molar-refractivity contribution in [1.29, 1.82) is 0 Å². The summed E-state index contributed by atoms with van der Waals surface area (Å²) in [6.07, 6.45) is 5.15. The van der Waals surface area contributed by atoms with Crippen molar-refractivity contribution in [3.63, 3.8) is 0 Å². The maximum absolute atomic E-state index is 10.2. The number of benzene rings is 2. The van der Waals surface area contributed by atoms with Gasteiger partial charge in [-0.3, -0.25) is 0 Å². The third kappa shape index (κ3) is 2.28. The molecule has 2 nitrogen and oxygen atoms in total. The number of nitrogens with two attached hydrogens (primary N) is 1. The lowest BCUT2D eigenvalue weighted by Crippen LogP contribution is -1.83. The summed E-state index contributed by atoms with van der Waals surface area (Å²) in [5, 5.41) is 2.29. The van der Waals surface area contributed by atoms with E-state index in [1.807, 2.05) is 42.5 Å². The van der Waals surface area contributed by atoms with Crippen LogP contribution in [0.15, 0.2) is 42.5 Å². The number of nitrogen functional groups attached to an aromatic ring is 1. The first-order valence-electron chi connectivity index (χ1n) is 5.19. The molecule has 2 rings (SSSR count). The van der Waals surface area contributed by atoms with E-state index in [1.165, 1.54) is 0 Å². The van der Waals surface area contributed by atoms with E-state index in [-0.39, 0.29) is 0 Å². The zero-order chi connectivity index (χ0) is 11.4. The minimum Gasteiger partial charge on any atom is -0.399 e. The molecular weight excluding hydrogens is 198 g/mol. The first kappa shape index (κ1) is 10.4. The molecule has 0 aliphatic carbocycles. The summed E-state index contributed by atoms with van der Waals surface area (Å²) >= 11 is 0. The van der Waals surface area contributed by atoms with Gasteiger partial charge < -0.3 is 10.5 Å². The molecule has 80 valence electrons. The van der Waals surface area contributed by atoms with E-state index in [0.29, 0.717) is 6.42 Å². The highest BCUT2D eigenvalue weighted by molar-refractivity contribution is 5.87. The maximum atomic E-state index is 10.2. The fourth-order valence-electron chi connectivity index (χ4n) is 1.65. The van der Waals surface area contributed by atoms with Crippen LogP contribution < -0.4 is 5.73 Å². The number of aldehydes is 1. The molecule has 0 heterocycles. The molecule has 2 heteroatoms. The van der Waals surface area contributed by atoms with E-state index < -0.39 is 0 Å². The van der Waals surface area contributed by atoms with Gasteiger partial charge in [0.1, 0.15) is 6.29 Å². The van der Waals surface area contributed by atoms with Crippen LogP contribution in [0.2, 0.25) is 0 Å². The second-order valence-electron chi connectivity index (χ2n) is 3.67. The fourth-order valence-corrected chi connectivity index (χ4v) is 1.65. The summed E-state index contributed by atoms with van der Waals surface area (Å²) in [6.45, 7) is 0. The van der Waals surface area contributed by atoms with Gasteiger partial charge in [0.2, 0.25) is 0 Å². The van der Waals surface area contributed by atoms with Crippen molar-refractivity contribution >= 4 is 28.8 Å². The van der Waals surface area contributed by atoms with Gasteiger partial charge in [-0.1, -0.05) is 30.4 Å². The number of carbonyl (C=O) groups is 1. The number of hydrogen-bond acceptors (Lipinski definition) is 2. The zero-order valence-corrected chi connectivity index (χ0v) is 8.89. The van der Waals surface area contributed by atoms with Crippen molar-refractivity contribution in [3.05, 3.63) is 48.0 Å². The van der Waals surface area contributed by atoms with Crippen molar-refractivity contribution in [2.75, 3.05) is 5.73 Å². The molecule has 0 bridgehead atoms. The first-order valence-corrected chi connectivity index (χ1v) is 5.19. The smallest absolute Gasteiger partial charge is 0.123 e. The molecule has 2 aromatic carbocycles. The Balaban J connectivity index is 2.36. The number of carbonyl (C=O) groups excluding carboxylic acids is 1. The van der Waals surface area contributed by atoms with Gasteiger partial charge in [0.15, 0.2) is 0 Å². The van der Waals surface area contributed by atoms with Crippen LogP contribution in [0.4, 0.5) is 5.69 Å². The van der Waals surface area contributed by atoms with Gasteiger partial charge in [0.05, 0.1) is 0 Å². The number of fused-ring (bicyclic) bond motifs is 1. The molecule has 0 fully saturated rings. The Bertz CT molecular complexity index is 543. The Labute approximate surface area is 94.4 Å². The summed E-state index contributed by atoms with van der Waals surface area (Å²) in [6, 6.07) is 12.0. The van der Waals surface area contributed by atoms with Crippen LogP contribution in [0.1, 0.15) is 12.0 Å². The molecular formula is C14H13NO. The molecule has 0 saturated carbocycles. The average Bonchev–Trinajstić information content (AvgIpc) is 2.29. The fraction of sp³-hybridized carbons (Fsp3) is 0.0714. The predicted molar refractivity (Wildman–Crippen MR) is 68.1 cm³/mol. The van der Waals surface area contributed by atoms with Crippen molar-refractivity contribution < 1.29 is 4.79 Å². The van der Waals surface area contributed by atoms with Gasteiger partial charge in [-0.2, -0.15) is 0 Å². The molecule has 0 aliphatic heterocycles. The Morgan fingerprint density at radius 2 is 1.81 bits per heavy atom. The van der Waals surface area contributed by atoms with Gasteiger partial charge in [-0.15, -0.1) is 0 Å². The second-order valence-corrected chi connectivity index (χ2v) is 3.67. The van der Waals surface area contributed by atoms with Gasteiger partial charge in [-0.25, -0.2) is 0 Å². The number of rotatable bonds is 3. The quantitative estimate of drug-likeness (QED) is 0.626. The van der Waals surface area contributed by atoms with Crippen molar-refractivity contribution in [2.45, 2.75) is 6.42 Å². The van der Waals surface area contributed by atoms with E-state index in [2.05, 4.69) is 6.07 Å². The third-order valence-corrected chi connectivity index (χ3v) is 2.43. The summed E-state index contributed by atoms with van der Waals surface area (Å²) in [5.41, 5.74) is 7.58. The molecule has 0 saturated heterocycles. The van der Waals surface area contributed by atoms with Crippen molar-refractivity contribution in [3.8, 4) is 0 Å². The normalized spacial score (nSPS) is 11.0. The largest absolute Gasteiger partial charge is 0.399 e. The molecule has 2 aromatic rings. The van der Waals surface area contributed by atoms with Crippen LogP contribution in [0, 0.1) is 0 Å². The van der Waals surface area contributed by atoms with E-state index >= 15 is 0 Å². The van der Waals surface area contributed by atoms with Crippen molar-refractivity contribution in [2.24, 2.45) is 0 Å². The summed E-state index contributed by atoms with van der Waals surface area (Å²) in [4.78, 5) is 10.2. The second kappa shape index (κ2) is 4.62. The Morgan fingerprint density at radius 1 is 1.06 bits per heavy atom. The van der Waals surface area contributed by atoms with Crippen LogP contribution in [0.3, 0.4) is 0 Å². The molecule has 0 unspecified atom stereocenters. The van der Waals surface area contributed by atoms with Gasteiger partial charge in [0.25, 0.3) is 0 Å². The minimum atomic E-state index is 0.458. The molecule has 0 radical (unpaired) electrons. The van der Waals surface area contributed by atoms with Crippen LogP contribution in [-0.2, 0) is 4.79 Å². The highest BCUT2D eigenvalue weighted by Gasteiger charge is 1.94. The standard InChI is InChI=1S/C14H13NO/c15-14-7-6-12-9-11(3-1-2-8-16)4-5-13(12)10-14/h1,3-10H,2,15H2. The topological polar surface area (TPSA) is 43.1 Å². The SMILES string of the molecule is Nc1ccc2cc(C=CCC=O)ccc2c1. The summed E-state index contributed by atoms with van der Waals surface area (Å²) in [7, 11) is 0. The molecule has 0 aromatic heterocycles. The van der Waals surface area contributed by atoms with E-state index in [4.69, 9.17) is 5.73 Å². The predicted octanol–water partition coefficient (Wildman–Crippen LogP) is 3.02. The number of anilines is 1. The third-order valence-electron chi connectivity index (χ3n) is 2.43. The van der Waals surface area contributed by atoms with Gasteiger partial charge in [-0.05, 0) is 34.5 Å². The Kier molecular flexibility index (Phi) is 3.01. The minimum absolute atomic E-state index is 0.458. The zero-order valence-electron chi connectivity index (χ0n) is 8.89. The molecule has 16 heavy (non-hydrogen) atoms. The average molecular weight is 211 g/mol. The lowest BCUT2D eigenvalue weighted by atomic mass is 10.1. The summed E-state index contributed by atoms with van der Waals surface area (Å²) in [5.74, 6) is 0.